The summed E-state index contributed by atoms with van der Waals surface area (Å²) in [7, 11) is 0. The van der Waals surface area contributed by atoms with Crippen molar-refractivity contribution in [1.29, 1.82) is 0 Å². The number of anilines is 2. The van der Waals surface area contributed by atoms with Crippen molar-refractivity contribution >= 4 is 23.1 Å². The summed E-state index contributed by atoms with van der Waals surface area (Å²) in [6.07, 6.45) is 1.37. The monoisotopic (exact) mass is 383 g/mol. The molecule has 1 N–H and O–H groups in total. The van der Waals surface area contributed by atoms with Crippen molar-refractivity contribution in [3.8, 4) is 0 Å². The maximum absolute atomic E-state index is 13.1. The molecule has 2 heterocycles. The number of amides is 1. The Balaban J connectivity index is 1.70. The number of hydrogen-bond acceptors (Lipinski definition) is 5. The minimum Gasteiger partial charge on any atom is -0.378 e. The number of benzene rings is 1. The van der Waals surface area contributed by atoms with Gasteiger partial charge in [-0.15, -0.1) is 0 Å². The van der Waals surface area contributed by atoms with Crippen LogP contribution in [0.15, 0.2) is 35.5 Å². The number of carbonyl (C=O) groups is 2. The molecule has 0 saturated carbocycles. The van der Waals surface area contributed by atoms with Gasteiger partial charge in [0.1, 0.15) is 0 Å². The maximum atomic E-state index is 13.1. The van der Waals surface area contributed by atoms with Crippen LogP contribution >= 0.6 is 0 Å². The standard InChI is InChI=1S/C22H29N3O3/c1-15-21-17(12-22(2,3)13-19(21)26)23-16-6-4-5-7-18(16)25(15)14-20(27)24-8-10-28-11-9-24/h4-7,15,23H,8-14H2,1-3H3/t15-/m0/s1. The smallest absolute Gasteiger partial charge is 0.242 e. The first-order chi connectivity index (χ1) is 13.4. The molecule has 28 heavy (non-hydrogen) atoms. The Morgan fingerprint density at radius 3 is 2.68 bits per heavy atom. The number of rotatable bonds is 2. The predicted octanol–water partition coefficient (Wildman–Crippen LogP) is 2.81. The van der Waals surface area contributed by atoms with Gasteiger partial charge in [0.15, 0.2) is 5.78 Å². The summed E-state index contributed by atoms with van der Waals surface area (Å²) in [6.45, 7) is 9.00. The SMILES string of the molecule is C[C@H]1C2=C(CC(C)(C)CC2=O)Nc2ccccc2N1CC(=O)N1CCOCC1. The summed E-state index contributed by atoms with van der Waals surface area (Å²) >= 11 is 0. The lowest BCUT2D eigenvalue weighted by molar-refractivity contribution is -0.133. The summed E-state index contributed by atoms with van der Waals surface area (Å²) in [5, 5.41) is 3.53. The van der Waals surface area contributed by atoms with E-state index < -0.39 is 0 Å². The molecule has 1 aromatic carbocycles. The predicted molar refractivity (Wildman–Crippen MR) is 109 cm³/mol. The number of ketones is 1. The van der Waals surface area contributed by atoms with E-state index in [0.29, 0.717) is 32.7 Å². The van der Waals surface area contributed by atoms with Gasteiger partial charge in [0.05, 0.1) is 37.2 Å². The summed E-state index contributed by atoms with van der Waals surface area (Å²) in [5.41, 5.74) is 3.69. The number of para-hydroxylation sites is 2. The Labute approximate surface area is 166 Å². The molecule has 0 radical (unpaired) electrons. The minimum absolute atomic E-state index is 0.0592. The quantitative estimate of drug-likeness (QED) is 0.851. The summed E-state index contributed by atoms with van der Waals surface area (Å²) in [6, 6.07) is 7.87. The van der Waals surface area contributed by atoms with Gasteiger partial charge in [0.25, 0.3) is 0 Å². The largest absolute Gasteiger partial charge is 0.378 e. The molecule has 4 rings (SSSR count). The van der Waals surface area contributed by atoms with E-state index in [0.717, 1.165) is 29.1 Å². The third-order valence-corrected chi connectivity index (χ3v) is 5.97. The van der Waals surface area contributed by atoms with Crippen LogP contribution < -0.4 is 10.2 Å². The Morgan fingerprint density at radius 2 is 1.93 bits per heavy atom. The number of nitrogens with one attached hydrogen (secondary N) is 1. The Hall–Kier alpha value is -2.34. The van der Waals surface area contributed by atoms with Gasteiger partial charge in [-0.1, -0.05) is 26.0 Å². The van der Waals surface area contributed by atoms with Crippen LogP contribution in [0.1, 0.15) is 33.6 Å². The lowest BCUT2D eigenvalue weighted by Crippen LogP contribution is -2.49. The fourth-order valence-electron chi connectivity index (χ4n) is 4.57. The molecule has 150 valence electrons. The molecule has 1 amide bonds. The van der Waals surface area contributed by atoms with E-state index in [9.17, 15) is 9.59 Å². The number of hydrogen-bond donors (Lipinski definition) is 1. The second-order valence-electron chi connectivity index (χ2n) is 8.77. The topological polar surface area (TPSA) is 61.9 Å². The van der Waals surface area contributed by atoms with Crippen molar-refractivity contribution < 1.29 is 14.3 Å². The molecule has 0 spiro atoms. The van der Waals surface area contributed by atoms with E-state index in [2.05, 4.69) is 24.1 Å². The highest BCUT2D eigenvalue weighted by atomic mass is 16.5. The average molecular weight is 383 g/mol. The van der Waals surface area contributed by atoms with E-state index in [-0.39, 0.29) is 29.7 Å². The Morgan fingerprint density at radius 1 is 1.21 bits per heavy atom. The molecular formula is C22H29N3O3. The third kappa shape index (κ3) is 3.53. The molecule has 3 aliphatic rings. The van der Waals surface area contributed by atoms with E-state index in [4.69, 9.17) is 4.74 Å². The lowest BCUT2D eigenvalue weighted by atomic mass is 9.74. The van der Waals surface area contributed by atoms with Gasteiger partial charge in [0, 0.05) is 30.8 Å². The van der Waals surface area contributed by atoms with E-state index >= 15 is 0 Å². The number of Topliss-reactive ketones (excluding diaryl/α,β-unsaturated/α-hetero) is 1. The van der Waals surface area contributed by atoms with E-state index in [1.54, 1.807) is 0 Å². The molecule has 1 aliphatic carbocycles. The zero-order chi connectivity index (χ0) is 19.9. The van der Waals surface area contributed by atoms with Crippen LogP contribution in [0.5, 0.6) is 0 Å². The van der Waals surface area contributed by atoms with Crippen LogP contribution in [-0.4, -0.2) is 55.5 Å². The second kappa shape index (κ2) is 7.24. The molecule has 1 saturated heterocycles. The summed E-state index contributed by atoms with van der Waals surface area (Å²) in [5.74, 6) is 0.264. The third-order valence-electron chi connectivity index (χ3n) is 5.97. The number of fused-ring (bicyclic) bond motifs is 1. The van der Waals surface area contributed by atoms with Crippen molar-refractivity contribution in [2.24, 2.45) is 5.41 Å². The van der Waals surface area contributed by atoms with Crippen LogP contribution in [0.4, 0.5) is 11.4 Å². The fraction of sp³-hybridized carbons (Fsp3) is 0.545. The number of allylic oxidation sites excluding steroid dienone is 1. The van der Waals surface area contributed by atoms with E-state index in [1.807, 2.05) is 36.1 Å². The molecular weight excluding hydrogens is 354 g/mol. The number of morpholine rings is 1. The van der Waals surface area contributed by atoms with Gasteiger partial charge in [-0.05, 0) is 30.9 Å². The first-order valence-corrected chi connectivity index (χ1v) is 10.1. The molecule has 0 aromatic heterocycles. The molecule has 1 atom stereocenters. The normalized spacial score (nSPS) is 24.2. The zero-order valence-electron chi connectivity index (χ0n) is 17.0. The number of nitrogens with zero attached hydrogens (tertiary/aromatic N) is 2. The Kier molecular flexibility index (Phi) is 4.91. The van der Waals surface area contributed by atoms with Crippen LogP contribution in [-0.2, 0) is 14.3 Å². The molecule has 6 heteroatoms. The van der Waals surface area contributed by atoms with Crippen molar-refractivity contribution in [3.05, 3.63) is 35.5 Å². The highest BCUT2D eigenvalue weighted by Crippen LogP contribution is 2.43. The van der Waals surface area contributed by atoms with Gasteiger partial charge >= 0.3 is 0 Å². The minimum atomic E-state index is -0.153. The maximum Gasteiger partial charge on any atom is 0.242 e. The van der Waals surface area contributed by atoms with Crippen molar-refractivity contribution in [2.45, 2.75) is 39.7 Å². The highest BCUT2D eigenvalue weighted by molar-refractivity contribution is 6.01. The van der Waals surface area contributed by atoms with Crippen molar-refractivity contribution in [3.63, 3.8) is 0 Å². The first-order valence-electron chi connectivity index (χ1n) is 10.1. The Bertz CT molecular complexity index is 824. The van der Waals surface area contributed by atoms with Crippen molar-refractivity contribution in [2.75, 3.05) is 43.1 Å². The van der Waals surface area contributed by atoms with Crippen molar-refractivity contribution in [1.82, 2.24) is 4.90 Å². The van der Waals surface area contributed by atoms with Crippen LogP contribution in [0, 0.1) is 5.41 Å². The second-order valence-corrected chi connectivity index (χ2v) is 8.77. The summed E-state index contributed by atoms with van der Waals surface area (Å²) in [4.78, 5) is 30.0. The van der Waals surface area contributed by atoms with Gasteiger partial charge in [-0.2, -0.15) is 0 Å². The molecule has 6 nitrogen and oxygen atoms in total. The van der Waals surface area contributed by atoms with E-state index in [1.165, 1.54) is 0 Å². The molecule has 0 bridgehead atoms. The summed E-state index contributed by atoms with van der Waals surface area (Å²) < 4.78 is 5.37. The molecule has 1 aromatic rings. The van der Waals surface area contributed by atoms with Gasteiger partial charge < -0.3 is 19.9 Å². The lowest BCUT2D eigenvalue weighted by Gasteiger charge is -2.37. The zero-order valence-corrected chi connectivity index (χ0v) is 17.0. The van der Waals surface area contributed by atoms with Gasteiger partial charge in [-0.3, -0.25) is 9.59 Å². The first kappa shape index (κ1) is 19.0. The van der Waals surface area contributed by atoms with Crippen LogP contribution in [0.3, 0.4) is 0 Å². The highest BCUT2D eigenvalue weighted by Gasteiger charge is 2.39. The number of carbonyl (C=O) groups excluding carboxylic acids is 2. The molecule has 0 unspecified atom stereocenters. The number of ether oxygens (including phenoxy) is 1. The van der Waals surface area contributed by atoms with Gasteiger partial charge in [-0.25, -0.2) is 0 Å². The molecule has 2 aliphatic heterocycles. The average Bonchev–Trinajstić information content (AvgIpc) is 2.76. The van der Waals surface area contributed by atoms with Gasteiger partial charge in [0.2, 0.25) is 5.91 Å². The fourth-order valence-corrected chi connectivity index (χ4v) is 4.57. The van der Waals surface area contributed by atoms with Crippen LogP contribution in [0.2, 0.25) is 0 Å². The molecule has 1 fully saturated rings. The van der Waals surface area contributed by atoms with Crippen LogP contribution in [0.25, 0.3) is 0 Å².